The molecule has 1 fully saturated rings. The first-order valence-electron chi connectivity index (χ1n) is 11.6. The van der Waals surface area contributed by atoms with Crippen molar-refractivity contribution in [2.24, 2.45) is 5.92 Å². The van der Waals surface area contributed by atoms with Gasteiger partial charge >= 0.3 is 0 Å². The van der Waals surface area contributed by atoms with Gasteiger partial charge in [-0.1, -0.05) is 6.92 Å². The van der Waals surface area contributed by atoms with Crippen LogP contribution >= 0.6 is 0 Å². The Labute approximate surface area is 190 Å². The van der Waals surface area contributed by atoms with Crippen molar-refractivity contribution in [2.45, 2.75) is 33.6 Å². The third-order valence-corrected chi connectivity index (χ3v) is 6.31. The van der Waals surface area contributed by atoms with Gasteiger partial charge in [0.15, 0.2) is 0 Å². The molecule has 1 aliphatic rings. The maximum absolute atomic E-state index is 9.55. The highest BCUT2D eigenvalue weighted by atomic mass is 16.5. The molecule has 0 aliphatic carbocycles. The largest absolute Gasteiger partial charge is 0.492 e. The van der Waals surface area contributed by atoms with E-state index in [0.717, 1.165) is 47.8 Å². The van der Waals surface area contributed by atoms with E-state index >= 15 is 0 Å². The van der Waals surface area contributed by atoms with Crippen molar-refractivity contribution in [3.8, 4) is 22.9 Å². The molecule has 168 valence electrons. The summed E-state index contributed by atoms with van der Waals surface area (Å²) >= 11 is 0. The lowest BCUT2D eigenvalue weighted by Gasteiger charge is -2.35. The number of hydrogen-bond donors (Lipinski definition) is 0. The molecule has 0 bridgehead atoms. The van der Waals surface area contributed by atoms with Crippen molar-refractivity contribution in [3.63, 3.8) is 0 Å². The Kier molecular flexibility index (Phi) is 6.91. The van der Waals surface area contributed by atoms with Gasteiger partial charge in [-0.25, -0.2) is 9.50 Å². The number of rotatable bonds is 8. The van der Waals surface area contributed by atoms with Gasteiger partial charge in [-0.3, -0.25) is 0 Å². The molecule has 1 saturated heterocycles. The summed E-state index contributed by atoms with van der Waals surface area (Å²) in [5.41, 5.74) is 3.17. The van der Waals surface area contributed by atoms with E-state index in [1.54, 1.807) is 10.7 Å². The molecule has 7 heteroatoms. The summed E-state index contributed by atoms with van der Waals surface area (Å²) in [4.78, 5) is 9.74. The third-order valence-electron chi connectivity index (χ3n) is 6.31. The molecule has 3 aromatic heterocycles. The van der Waals surface area contributed by atoms with Crippen LogP contribution in [0.15, 0.2) is 36.8 Å². The molecular weight excluding hydrogens is 400 g/mol. The highest BCUT2D eigenvalue weighted by Crippen LogP contribution is 2.31. The molecule has 4 rings (SSSR count). The maximum atomic E-state index is 9.55. The van der Waals surface area contributed by atoms with Crippen molar-refractivity contribution >= 4 is 11.3 Å². The van der Waals surface area contributed by atoms with E-state index < -0.39 is 0 Å². The van der Waals surface area contributed by atoms with E-state index in [0.29, 0.717) is 18.1 Å². The van der Waals surface area contributed by atoms with Crippen molar-refractivity contribution in [1.82, 2.24) is 19.5 Å². The molecular formula is C25H32N6O. The second-order valence-corrected chi connectivity index (χ2v) is 8.33. The first kappa shape index (κ1) is 22.1. The lowest BCUT2D eigenvalue weighted by Crippen LogP contribution is -2.41. The van der Waals surface area contributed by atoms with Gasteiger partial charge in [-0.15, -0.1) is 0 Å². The molecule has 4 heterocycles. The van der Waals surface area contributed by atoms with E-state index in [-0.39, 0.29) is 0 Å². The smallest absolute Gasteiger partial charge is 0.138 e. The second-order valence-electron chi connectivity index (χ2n) is 8.33. The van der Waals surface area contributed by atoms with E-state index in [1.807, 2.05) is 25.4 Å². The standard InChI is InChI=1S/C25H32N6O/c1-4-29-11-7-8-19(16-29)17-30(5-2)24-10-9-20(14-27-24)23-12-22(32-6-3)18-31-25(23)21(13-26)15-28-31/h9-10,12,14-15,18-19H,4-8,11,16-17H2,1-3H3. The van der Waals surface area contributed by atoms with Gasteiger partial charge in [0.1, 0.15) is 17.6 Å². The zero-order chi connectivity index (χ0) is 22.5. The number of fused-ring (bicyclic) bond motifs is 1. The number of aromatic nitrogens is 3. The van der Waals surface area contributed by atoms with Crippen LogP contribution in [0, 0.1) is 17.2 Å². The average Bonchev–Trinajstić information content (AvgIpc) is 3.25. The molecule has 0 N–H and O–H groups in total. The first-order chi connectivity index (χ1) is 15.7. The highest BCUT2D eigenvalue weighted by Gasteiger charge is 2.21. The summed E-state index contributed by atoms with van der Waals surface area (Å²) in [7, 11) is 0. The van der Waals surface area contributed by atoms with Crippen molar-refractivity contribution in [2.75, 3.05) is 44.2 Å². The van der Waals surface area contributed by atoms with Gasteiger partial charge in [0.25, 0.3) is 0 Å². The van der Waals surface area contributed by atoms with E-state index in [4.69, 9.17) is 9.72 Å². The van der Waals surface area contributed by atoms with Crippen LogP contribution in [0.4, 0.5) is 5.82 Å². The molecule has 7 nitrogen and oxygen atoms in total. The maximum Gasteiger partial charge on any atom is 0.138 e. The Morgan fingerprint density at radius 2 is 2.12 bits per heavy atom. The van der Waals surface area contributed by atoms with Crippen molar-refractivity contribution in [3.05, 3.63) is 42.4 Å². The van der Waals surface area contributed by atoms with E-state index in [1.165, 1.54) is 25.9 Å². The summed E-state index contributed by atoms with van der Waals surface area (Å²) in [6.07, 6.45) is 7.87. The zero-order valence-electron chi connectivity index (χ0n) is 19.3. The SMILES string of the molecule is CCOc1cc(-c2ccc(N(CC)CC3CCCN(CC)C3)nc2)c2c(C#N)cnn2c1. The Hall–Kier alpha value is -3.11. The Morgan fingerprint density at radius 3 is 2.81 bits per heavy atom. The number of piperidine rings is 1. The number of nitrogens with zero attached hydrogens (tertiary/aromatic N) is 6. The number of nitriles is 1. The predicted molar refractivity (Wildman–Crippen MR) is 127 cm³/mol. The molecule has 0 saturated carbocycles. The third kappa shape index (κ3) is 4.56. The Morgan fingerprint density at radius 1 is 1.25 bits per heavy atom. The lowest BCUT2D eigenvalue weighted by atomic mass is 9.97. The monoisotopic (exact) mass is 432 g/mol. The van der Waals surface area contributed by atoms with Crippen LogP contribution in [-0.2, 0) is 0 Å². The predicted octanol–water partition coefficient (Wildman–Crippen LogP) is 4.22. The van der Waals surface area contributed by atoms with Crippen LogP contribution in [0.2, 0.25) is 0 Å². The molecule has 0 radical (unpaired) electrons. The van der Waals surface area contributed by atoms with Crippen molar-refractivity contribution < 1.29 is 4.74 Å². The normalized spacial score (nSPS) is 16.8. The first-order valence-corrected chi connectivity index (χ1v) is 11.6. The summed E-state index contributed by atoms with van der Waals surface area (Å²) in [6, 6.07) is 8.39. The molecule has 1 atom stereocenters. The molecule has 0 amide bonds. The molecule has 0 spiro atoms. The summed E-state index contributed by atoms with van der Waals surface area (Å²) in [6.45, 7) is 12.4. The summed E-state index contributed by atoms with van der Waals surface area (Å²) < 4.78 is 7.44. The fourth-order valence-corrected chi connectivity index (χ4v) is 4.66. The van der Waals surface area contributed by atoms with Gasteiger partial charge in [0.05, 0.1) is 30.1 Å². The average molecular weight is 433 g/mol. The number of anilines is 1. The van der Waals surface area contributed by atoms with Gasteiger partial charge < -0.3 is 14.5 Å². The van der Waals surface area contributed by atoms with Crippen molar-refractivity contribution in [1.29, 1.82) is 5.26 Å². The van der Waals surface area contributed by atoms with Crippen LogP contribution in [0.5, 0.6) is 5.75 Å². The Balaban J connectivity index is 1.61. The number of hydrogen-bond acceptors (Lipinski definition) is 6. The second kappa shape index (κ2) is 10.0. The minimum Gasteiger partial charge on any atom is -0.492 e. The lowest BCUT2D eigenvalue weighted by molar-refractivity contribution is 0.185. The summed E-state index contributed by atoms with van der Waals surface area (Å²) in [5, 5.41) is 13.9. The van der Waals surface area contributed by atoms with Crippen LogP contribution in [0.3, 0.4) is 0 Å². The van der Waals surface area contributed by atoms with E-state index in [2.05, 4.69) is 46.9 Å². The molecule has 0 aromatic carbocycles. The highest BCUT2D eigenvalue weighted by molar-refractivity contribution is 5.85. The fraction of sp³-hybridized carbons (Fsp3) is 0.480. The van der Waals surface area contributed by atoms with Crippen LogP contribution in [0.1, 0.15) is 39.2 Å². The number of ether oxygens (including phenoxy) is 1. The summed E-state index contributed by atoms with van der Waals surface area (Å²) in [5.74, 6) is 2.40. The minimum atomic E-state index is 0.542. The molecule has 1 unspecified atom stereocenters. The number of pyridine rings is 2. The van der Waals surface area contributed by atoms with Gasteiger partial charge in [-0.2, -0.15) is 10.4 Å². The molecule has 1 aliphatic heterocycles. The van der Waals surface area contributed by atoms with Crippen LogP contribution in [-0.4, -0.2) is 58.8 Å². The quantitative estimate of drug-likeness (QED) is 0.531. The van der Waals surface area contributed by atoms with Gasteiger partial charge in [0.2, 0.25) is 0 Å². The van der Waals surface area contributed by atoms with Crippen LogP contribution in [0.25, 0.3) is 16.6 Å². The Bertz CT molecular complexity index is 1080. The van der Waals surface area contributed by atoms with Gasteiger partial charge in [0, 0.05) is 37.0 Å². The molecule has 32 heavy (non-hydrogen) atoms. The number of likely N-dealkylation sites (tertiary alicyclic amines) is 1. The zero-order valence-corrected chi connectivity index (χ0v) is 19.3. The minimum absolute atomic E-state index is 0.542. The fourth-order valence-electron chi connectivity index (χ4n) is 4.66. The topological polar surface area (TPSA) is 69.7 Å². The van der Waals surface area contributed by atoms with Crippen LogP contribution < -0.4 is 9.64 Å². The molecule has 3 aromatic rings. The van der Waals surface area contributed by atoms with E-state index in [9.17, 15) is 5.26 Å². The van der Waals surface area contributed by atoms with Gasteiger partial charge in [-0.05, 0) is 63.9 Å².